The highest BCUT2D eigenvalue weighted by molar-refractivity contribution is 6.11. The lowest BCUT2D eigenvalue weighted by Gasteiger charge is -2.37. The van der Waals surface area contributed by atoms with Crippen LogP contribution in [0.4, 0.5) is 34.1 Å². The highest BCUT2D eigenvalue weighted by atomic mass is 15.2. The molecule has 0 spiro atoms. The van der Waals surface area contributed by atoms with Gasteiger partial charge >= 0.3 is 0 Å². The Morgan fingerprint density at radius 2 is 0.877 bits per heavy atom. The fourth-order valence-electron chi connectivity index (χ4n) is 9.28. The predicted octanol–water partition coefficient (Wildman–Crippen LogP) is 14.5. The third kappa shape index (κ3) is 5.49. The van der Waals surface area contributed by atoms with Crippen molar-refractivity contribution in [3.63, 3.8) is 0 Å². The average Bonchev–Trinajstić information content (AvgIpc) is 3.57. The second kappa shape index (κ2) is 12.9. The normalized spacial score (nSPS) is 13.3. The second-order valence-electron chi connectivity index (χ2n) is 16.7. The van der Waals surface area contributed by atoms with Crippen LogP contribution in [-0.4, -0.2) is 4.57 Å². The van der Waals surface area contributed by atoms with E-state index in [0.29, 0.717) is 0 Å². The van der Waals surface area contributed by atoms with Gasteiger partial charge in [0.2, 0.25) is 0 Å². The fraction of sp³-hybridized carbons (Fsp3) is 0.111. The first kappa shape index (κ1) is 33.5. The number of hydrogen-bond acceptors (Lipinski definition) is 2. The molecule has 57 heavy (non-hydrogen) atoms. The highest BCUT2D eigenvalue weighted by Gasteiger charge is 2.29. The maximum atomic E-state index is 2.49. The Hall–Kier alpha value is -6.84. The van der Waals surface area contributed by atoms with Crippen molar-refractivity contribution in [1.82, 2.24) is 4.57 Å². The number of aromatic nitrogens is 1. The maximum absolute atomic E-state index is 2.49. The molecule has 3 heterocycles. The van der Waals surface area contributed by atoms with Crippen LogP contribution < -0.4 is 9.80 Å². The lowest BCUT2D eigenvalue weighted by atomic mass is 9.86. The molecular formula is C54H43N3. The lowest BCUT2D eigenvalue weighted by Crippen LogP contribution is -2.21. The van der Waals surface area contributed by atoms with Crippen LogP contribution in [0, 0.1) is 0 Å². The Morgan fingerprint density at radius 1 is 0.368 bits per heavy atom. The Morgan fingerprint density at radius 3 is 1.53 bits per heavy atom. The summed E-state index contributed by atoms with van der Waals surface area (Å²) in [6.45, 7) is 6.91. The highest BCUT2D eigenvalue weighted by Crippen LogP contribution is 2.49. The van der Waals surface area contributed by atoms with Crippen LogP contribution in [0.3, 0.4) is 0 Å². The number of benzene rings is 8. The smallest absolute Gasteiger partial charge is 0.0541 e. The molecule has 8 aromatic carbocycles. The minimum atomic E-state index is 0.0439. The van der Waals surface area contributed by atoms with Crippen molar-refractivity contribution < 1.29 is 0 Å². The quantitative estimate of drug-likeness (QED) is 0.178. The van der Waals surface area contributed by atoms with Crippen molar-refractivity contribution in [2.75, 3.05) is 9.80 Å². The zero-order valence-corrected chi connectivity index (χ0v) is 32.6. The van der Waals surface area contributed by atoms with Crippen LogP contribution in [0.15, 0.2) is 182 Å². The molecule has 9 aromatic rings. The van der Waals surface area contributed by atoms with Crippen molar-refractivity contribution in [1.29, 1.82) is 0 Å². The topological polar surface area (TPSA) is 11.4 Å². The Bertz CT molecular complexity index is 3000. The molecule has 274 valence electrons. The van der Waals surface area contributed by atoms with Crippen LogP contribution >= 0.6 is 0 Å². The van der Waals surface area contributed by atoms with Gasteiger partial charge in [-0.2, -0.15) is 0 Å². The third-order valence-electron chi connectivity index (χ3n) is 12.1. The van der Waals surface area contributed by atoms with Crippen molar-refractivity contribution in [2.24, 2.45) is 0 Å². The van der Waals surface area contributed by atoms with Gasteiger partial charge in [-0.05, 0) is 129 Å². The van der Waals surface area contributed by atoms with Crippen LogP contribution in [0.25, 0.3) is 38.6 Å². The summed E-state index contributed by atoms with van der Waals surface area (Å²) in [5.74, 6) is 0. The molecule has 0 amide bonds. The first-order chi connectivity index (χ1) is 27.9. The number of anilines is 6. The van der Waals surface area contributed by atoms with Gasteiger partial charge in [0, 0.05) is 63.4 Å². The molecule has 0 atom stereocenters. The van der Waals surface area contributed by atoms with Crippen molar-refractivity contribution >= 4 is 55.9 Å². The van der Waals surface area contributed by atoms with Crippen LogP contribution in [-0.2, 0) is 18.3 Å². The van der Waals surface area contributed by atoms with Gasteiger partial charge in [0.15, 0.2) is 0 Å². The molecule has 0 N–H and O–H groups in total. The molecule has 3 heteroatoms. The van der Waals surface area contributed by atoms with Gasteiger partial charge in [0.1, 0.15) is 0 Å². The van der Waals surface area contributed by atoms with Crippen LogP contribution in [0.5, 0.6) is 0 Å². The summed E-state index contributed by atoms with van der Waals surface area (Å²) in [6, 6.07) is 67.5. The van der Waals surface area contributed by atoms with Crippen molar-refractivity contribution in [3.8, 4) is 16.8 Å². The third-order valence-corrected chi connectivity index (χ3v) is 12.1. The summed E-state index contributed by atoms with van der Waals surface area (Å²) in [7, 11) is 0. The van der Waals surface area contributed by atoms with E-state index in [0.717, 1.165) is 12.8 Å². The molecule has 0 bridgehead atoms. The average molecular weight is 734 g/mol. The van der Waals surface area contributed by atoms with E-state index in [1.807, 2.05) is 0 Å². The molecule has 11 rings (SSSR count). The number of nitrogens with zero attached hydrogens (tertiary/aromatic N) is 3. The van der Waals surface area contributed by atoms with E-state index in [1.165, 1.54) is 101 Å². The molecule has 1 aromatic heterocycles. The van der Waals surface area contributed by atoms with Gasteiger partial charge in [0.05, 0.1) is 11.0 Å². The van der Waals surface area contributed by atoms with E-state index in [9.17, 15) is 0 Å². The van der Waals surface area contributed by atoms with E-state index in [4.69, 9.17) is 0 Å². The minimum absolute atomic E-state index is 0.0439. The van der Waals surface area contributed by atoms with Gasteiger partial charge in [0.25, 0.3) is 0 Å². The predicted molar refractivity (Wildman–Crippen MR) is 240 cm³/mol. The molecule has 2 aliphatic rings. The summed E-state index contributed by atoms with van der Waals surface area (Å²) in [6.07, 6.45) is 1.76. The molecule has 3 nitrogen and oxygen atoms in total. The Labute approximate surface area is 334 Å². The minimum Gasteiger partial charge on any atom is -0.310 e. The fourth-order valence-corrected chi connectivity index (χ4v) is 9.28. The number of rotatable bonds is 4. The van der Waals surface area contributed by atoms with Gasteiger partial charge in [-0.1, -0.05) is 118 Å². The molecule has 0 unspecified atom stereocenters. The maximum Gasteiger partial charge on any atom is 0.0541 e. The summed E-state index contributed by atoms with van der Waals surface area (Å²) >= 11 is 0. The summed E-state index contributed by atoms with van der Waals surface area (Å²) in [5.41, 5.74) is 20.1. The number of para-hydroxylation sites is 3. The van der Waals surface area contributed by atoms with Crippen LogP contribution in [0.1, 0.15) is 48.6 Å². The molecule has 0 saturated carbocycles. The summed E-state index contributed by atoms with van der Waals surface area (Å²) in [5, 5.41) is 2.57. The second-order valence-corrected chi connectivity index (χ2v) is 16.7. The molecule has 2 aliphatic heterocycles. The zero-order valence-electron chi connectivity index (χ0n) is 32.6. The first-order valence-corrected chi connectivity index (χ1v) is 20.1. The van der Waals surface area contributed by atoms with E-state index < -0.39 is 0 Å². The standard InChI is InChI=1S/C54H43N3/c1-54(2,3)42-23-27-53-47(35-42)46-34-37(36-14-6-4-7-15-36)22-26-52(46)57(53)45-25-29-51-41(33-45)31-39-17-11-13-21-49(39)56(51)44-24-28-50-40(32-44)30-38-16-10-12-20-48(38)55(50)43-18-8-5-9-19-43/h4-29,32-35H,30-31H2,1-3H3. The Kier molecular flexibility index (Phi) is 7.56. The van der Waals surface area contributed by atoms with Crippen molar-refractivity contribution in [3.05, 3.63) is 210 Å². The first-order valence-electron chi connectivity index (χ1n) is 20.1. The van der Waals surface area contributed by atoms with Crippen LogP contribution in [0.2, 0.25) is 0 Å². The largest absolute Gasteiger partial charge is 0.310 e. The molecule has 0 radical (unpaired) electrons. The van der Waals surface area contributed by atoms with E-state index in [1.54, 1.807) is 0 Å². The molecular weight excluding hydrogens is 691 g/mol. The van der Waals surface area contributed by atoms with Gasteiger partial charge < -0.3 is 14.4 Å². The lowest BCUT2D eigenvalue weighted by molar-refractivity contribution is 0.591. The number of fused-ring (bicyclic) bond motifs is 7. The SMILES string of the molecule is CC(C)(C)c1ccc2c(c1)c1cc(-c3ccccc3)ccc1n2-c1ccc2c(c1)Cc1ccccc1N2c1ccc2c(c1)Cc1ccccc1N2c1ccccc1. The summed E-state index contributed by atoms with van der Waals surface area (Å²) < 4.78 is 2.48. The van der Waals surface area contributed by atoms with Gasteiger partial charge in [-0.25, -0.2) is 0 Å². The van der Waals surface area contributed by atoms with Crippen molar-refractivity contribution in [2.45, 2.75) is 39.0 Å². The molecule has 0 saturated heterocycles. The van der Waals surface area contributed by atoms with E-state index in [2.05, 4.69) is 217 Å². The Balaban J connectivity index is 1.06. The van der Waals surface area contributed by atoms with E-state index >= 15 is 0 Å². The number of hydrogen-bond donors (Lipinski definition) is 0. The zero-order chi connectivity index (χ0) is 38.3. The molecule has 0 aliphatic carbocycles. The van der Waals surface area contributed by atoms with Gasteiger partial charge in [-0.3, -0.25) is 0 Å². The molecule has 0 fully saturated rings. The van der Waals surface area contributed by atoms with Gasteiger partial charge in [-0.15, -0.1) is 0 Å². The monoisotopic (exact) mass is 733 g/mol. The van der Waals surface area contributed by atoms with E-state index in [-0.39, 0.29) is 5.41 Å². The summed E-state index contributed by atoms with van der Waals surface area (Å²) in [4.78, 5) is 4.90.